The second-order valence-corrected chi connectivity index (χ2v) is 8.12. The van der Waals surface area contributed by atoms with Gasteiger partial charge < -0.3 is 10.2 Å². The molecule has 0 spiro atoms. The van der Waals surface area contributed by atoms with Crippen molar-refractivity contribution >= 4 is 21.2 Å². The van der Waals surface area contributed by atoms with Gasteiger partial charge in [0.15, 0.2) is 21.3 Å². The van der Waals surface area contributed by atoms with E-state index in [0.29, 0.717) is 11.1 Å². The van der Waals surface area contributed by atoms with Crippen LogP contribution in [0.1, 0.15) is 11.1 Å². The molecule has 0 aliphatic rings. The molecule has 2 rings (SSSR count). The molecule has 2 aromatic rings. The molecule has 27 heavy (non-hydrogen) atoms. The fourth-order valence-corrected chi connectivity index (χ4v) is 3.69. The molecule has 0 saturated heterocycles. The summed E-state index contributed by atoms with van der Waals surface area (Å²) in [6, 6.07) is 7.32. The number of nitro benzene ring substituents is 2. The summed E-state index contributed by atoms with van der Waals surface area (Å²) >= 11 is 0. The Kier molecular flexibility index (Phi) is 5.95. The number of nitro groups is 2. The minimum Gasteiger partial charge on any atom is -0.502 e. The van der Waals surface area contributed by atoms with E-state index in [-0.39, 0.29) is 24.3 Å². The van der Waals surface area contributed by atoms with E-state index < -0.39 is 42.6 Å². The van der Waals surface area contributed by atoms with Crippen molar-refractivity contribution in [3.63, 3.8) is 0 Å². The quantitative estimate of drug-likeness (QED) is 0.506. The Morgan fingerprint density at radius 1 is 0.778 bits per heavy atom. The van der Waals surface area contributed by atoms with Gasteiger partial charge in [0, 0.05) is 12.1 Å². The smallest absolute Gasteiger partial charge is 0.310 e. The molecule has 0 radical (unpaired) electrons. The molecule has 0 aromatic heterocycles. The van der Waals surface area contributed by atoms with E-state index in [9.17, 15) is 38.9 Å². The maximum atomic E-state index is 12.2. The lowest BCUT2D eigenvalue weighted by Gasteiger charge is -2.06. The first-order valence-electron chi connectivity index (χ1n) is 7.72. The van der Waals surface area contributed by atoms with E-state index in [1.165, 1.54) is 12.1 Å². The molecule has 0 aliphatic heterocycles. The van der Waals surface area contributed by atoms with Crippen LogP contribution in [0, 0.1) is 20.2 Å². The summed E-state index contributed by atoms with van der Waals surface area (Å²) < 4.78 is 24.4. The zero-order chi connectivity index (χ0) is 20.2. The molecule has 2 N–H and O–H groups in total. The normalized spacial score (nSPS) is 11.3. The van der Waals surface area contributed by atoms with Crippen molar-refractivity contribution in [2.75, 3.05) is 11.5 Å². The van der Waals surface area contributed by atoms with Crippen molar-refractivity contribution < 1.29 is 28.5 Å². The highest BCUT2D eigenvalue weighted by Gasteiger charge is 2.18. The van der Waals surface area contributed by atoms with Crippen LogP contribution in [-0.2, 0) is 22.7 Å². The van der Waals surface area contributed by atoms with Gasteiger partial charge in [-0.2, -0.15) is 0 Å². The summed E-state index contributed by atoms with van der Waals surface area (Å²) in [6.45, 7) is 0. The number of aryl methyl sites for hydroxylation is 2. The van der Waals surface area contributed by atoms with Gasteiger partial charge in [0.25, 0.3) is 0 Å². The summed E-state index contributed by atoms with van der Waals surface area (Å²) in [5, 5.41) is 40.4. The van der Waals surface area contributed by atoms with Crippen LogP contribution in [-0.4, -0.2) is 40.0 Å². The van der Waals surface area contributed by atoms with Gasteiger partial charge in [-0.15, -0.1) is 0 Å². The number of nitrogens with zero attached hydrogens (tertiary/aromatic N) is 2. The minimum absolute atomic E-state index is 0.0270. The first-order chi connectivity index (χ1) is 12.6. The SMILES string of the molecule is O=[N+]([O-])c1cc(CCS(=O)(=O)CCc2ccc(O)c([N+](=O)[O-])c2)ccc1O. The molecule has 144 valence electrons. The van der Waals surface area contributed by atoms with E-state index in [4.69, 9.17) is 0 Å². The highest BCUT2D eigenvalue weighted by molar-refractivity contribution is 7.91. The van der Waals surface area contributed by atoms with Crippen molar-refractivity contribution in [1.82, 2.24) is 0 Å². The Balaban J connectivity index is 2.02. The third-order valence-electron chi connectivity index (χ3n) is 3.88. The van der Waals surface area contributed by atoms with Gasteiger partial charge in [-0.05, 0) is 36.1 Å². The molecule has 0 saturated carbocycles. The van der Waals surface area contributed by atoms with Crippen LogP contribution < -0.4 is 0 Å². The molecule has 0 unspecified atom stereocenters. The van der Waals surface area contributed by atoms with Crippen molar-refractivity contribution in [3.8, 4) is 11.5 Å². The van der Waals surface area contributed by atoms with Gasteiger partial charge in [-0.25, -0.2) is 8.42 Å². The van der Waals surface area contributed by atoms with E-state index in [1.54, 1.807) is 0 Å². The fraction of sp³-hybridized carbons (Fsp3) is 0.250. The number of phenols is 2. The number of hydrogen-bond acceptors (Lipinski definition) is 8. The van der Waals surface area contributed by atoms with E-state index in [0.717, 1.165) is 24.3 Å². The Hall–Kier alpha value is -3.21. The van der Waals surface area contributed by atoms with Gasteiger partial charge in [0.1, 0.15) is 0 Å². The lowest BCUT2D eigenvalue weighted by Crippen LogP contribution is -2.15. The molecule has 10 nitrogen and oxygen atoms in total. The zero-order valence-electron chi connectivity index (χ0n) is 13.9. The molecule has 0 heterocycles. The van der Waals surface area contributed by atoms with Crippen molar-refractivity contribution in [2.24, 2.45) is 0 Å². The van der Waals surface area contributed by atoms with Gasteiger partial charge in [-0.3, -0.25) is 20.2 Å². The molecule has 0 bridgehead atoms. The number of hydrogen-bond donors (Lipinski definition) is 2. The zero-order valence-corrected chi connectivity index (χ0v) is 14.8. The largest absolute Gasteiger partial charge is 0.502 e. The molecule has 0 aliphatic carbocycles. The predicted octanol–water partition coefficient (Wildman–Crippen LogP) is 2.11. The Labute approximate surface area is 153 Å². The lowest BCUT2D eigenvalue weighted by molar-refractivity contribution is -0.386. The number of benzene rings is 2. The Morgan fingerprint density at radius 2 is 1.15 bits per heavy atom. The van der Waals surface area contributed by atoms with Crippen molar-refractivity contribution in [2.45, 2.75) is 12.8 Å². The maximum absolute atomic E-state index is 12.2. The maximum Gasteiger partial charge on any atom is 0.310 e. The number of rotatable bonds is 8. The van der Waals surface area contributed by atoms with Crippen LogP contribution in [0.2, 0.25) is 0 Å². The first-order valence-corrected chi connectivity index (χ1v) is 9.54. The number of phenolic OH excluding ortho intramolecular Hbond substituents is 2. The van der Waals surface area contributed by atoms with E-state index >= 15 is 0 Å². The molecule has 0 fully saturated rings. The van der Waals surface area contributed by atoms with Crippen molar-refractivity contribution in [3.05, 3.63) is 67.8 Å². The van der Waals surface area contributed by atoms with Crippen LogP contribution in [0.15, 0.2) is 36.4 Å². The van der Waals surface area contributed by atoms with Crippen LogP contribution in [0.4, 0.5) is 11.4 Å². The summed E-state index contributed by atoms with van der Waals surface area (Å²) in [5.74, 6) is -1.54. The summed E-state index contributed by atoms with van der Waals surface area (Å²) in [7, 11) is -3.53. The lowest BCUT2D eigenvalue weighted by atomic mass is 10.1. The minimum atomic E-state index is -3.53. The monoisotopic (exact) mass is 396 g/mol. The number of aromatic hydroxyl groups is 2. The van der Waals surface area contributed by atoms with Gasteiger partial charge >= 0.3 is 11.4 Å². The average molecular weight is 396 g/mol. The third kappa shape index (κ3) is 5.38. The average Bonchev–Trinajstić information content (AvgIpc) is 2.60. The van der Waals surface area contributed by atoms with Crippen LogP contribution in [0.3, 0.4) is 0 Å². The summed E-state index contributed by atoms with van der Waals surface area (Å²) in [4.78, 5) is 20.1. The molecule has 2 aromatic carbocycles. The van der Waals surface area contributed by atoms with Crippen LogP contribution >= 0.6 is 0 Å². The highest BCUT2D eigenvalue weighted by Crippen LogP contribution is 2.27. The van der Waals surface area contributed by atoms with Crippen molar-refractivity contribution in [1.29, 1.82) is 0 Å². The molecular weight excluding hydrogens is 380 g/mol. The third-order valence-corrected chi connectivity index (χ3v) is 5.53. The second kappa shape index (κ2) is 7.99. The van der Waals surface area contributed by atoms with Crippen LogP contribution in [0.5, 0.6) is 11.5 Å². The standard InChI is InChI=1S/C16H16N2O8S/c19-15-3-1-11(9-13(15)17(21)22)5-7-27(25,26)8-6-12-2-4-16(20)14(10-12)18(23)24/h1-4,9-10,19-20H,5-8H2. The number of sulfone groups is 1. The van der Waals surface area contributed by atoms with E-state index in [2.05, 4.69) is 0 Å². The summed E-state index contributed by atoms with van der Waals surface area (Å²) in [5.41, 5.74) is -0.214. The molecular formula is C16H16N2O8S. The fourth-order valence-electron chi connectivity index (χ4n) is 2.39. The molecule has 0 amide bonds. The molecule has 11 heteroatoms. The van der Waals surface area contributed by atoms with Gasteiger partial charge in [-0.1, -0.05) is 12.1 Å². The molecule has 0 atom stereocenters. The predicted molar refractivity (Wildman–Crippen MR) is 95.6 cm³/mol. The second-order valence-electron chi connectivity index (χ2n) is 5.81. The summed E-state index contributed by atoms with van der Waals surface area (Å²) in [6.07, 6.45) is 0.0539. The van der Waals surface area contributed by atoms with Gasteiger partial charge in [0.05, 0.1) is 21.4 Å². The first kappa shape index (κ1) is 20.1. The Morgan fingerprint density at radius 3 is 1.48 bits per heavy atom. The van der Waals surface area contributed by atoms with Crippen LogP contribution in [0.25, 0.3) is 0 Å². The topological polar surface area (TPSA) is 161 Å². The van der Waals surface area contributed by atoms with Gasteiger partial charge in [0.2, 0.25) is 0 Å². The highest BCUT2D eigenvalue weighted by atomic mass is 32.2. The van der Waals surface area contributed by atoms with E-state index in [1.807, 2.05) is 0 Å². The Bertz CT molecular complexity index is 914.